The van der Waals surface area contributed by atoms with Gasteiger partial charge >= 0.3 is 6.36 Å². The predicted octanol–water partition coefficient (Wildman–Crippen LogP) is 4.67. The van der Waals surface area contributed by atoms with Gasteiger partial charge in [-0.25, -0.2) is 0 Å². The van der Waals surface area contributed by atoms with Crippen molar-refractivity contribution in [2.75, 3.05) is 5.32 Å². The molecule has 0 radical (unpaired) electrons. The molecule has 0 atom stereocenters. The molecule has 5 nitrogen and oxygen atoms in total. The second-order valence-corrected chi connectivity index (χ2v) is 7.21. The summed E-state index contributed by atoms with van der Waals surface area (Å²) >= 11 is 1.36. The van der Waals surface area contributed by atoms with Crippen molar-refractivity contribution in [2.24, 2.45) is 0 Å². The van der Waals surface area contributed by atoms with Gasteiger partial charge in [0.15, 0.2) is 0 Å². The Bertz CT molecular complexity index is 758. The topological polar surface area (TPSA) is 64.1 Å². The predicted molar refractivity (Wildman–Crippen MR) is 91.2 cm³/mol. The number of nitrogens with one attached hydrogen (secondary N) is 1. The molecule has 1 aliphatic rings. The van der Waals surface area contributed by atoms with Crippen LogP contribution in [0.3, 0.4) is 0 Å². The molecule has 0 aliphatic heterocycles. The van der Waals surface area contributed by atoms with Crippen LogP contribution in [-0.2, 0) is 11.2 Å². The van der Waals surface area contributed by atoms with Crippen LogP contribution in [0.2, 0.25) is 0 Å². The molecule has 140 valence electrons. The van der Waals surface area contributed by atoms with E-state index in [9.17, 15) is 18.0 Å². The van der Waals surface area contributed by atoms with Crippen molar-refractivity contribution in [3.8, 4) is 5.75 Å². The summed E-state index contributed by atoms with van der Waals surface area (Å²) in [6.07, 6.45) is 0.958. The third-order valence-electron chi connectivity index (χ3n) is 4.14. The highest BCUT2D eigenvalue weighted by Crippen LogP contribution is 2.35. The van der Waals surface area contributed by atoms with Gasteiger partial charge in [-0.15, -0.1) is 23.4 Å². The number of carbonyl (C=O) groups excluding carboxylic acids is 1. The Morgan fingerprint density at radius 1 is 1.23 bits per heavy atom. The monoisotopic (exact) mass is 385 g/mol. The number of carbonyl (C=O) groups is 1. The molecule has 1 aromatic carbocycles. The van der Waals surface area contributed by atoms with E-state index in [1.165, 1.54) is 48.8 Å². The normalized spacial score (nSPS) is 15.7. The Morgan fingerprint density at radius 2 is 2.00 bits per heavy atom. The van der Waals surface area contributed by atoms with Crippen molar-refractivity contribution in [3.63, 3.8) is 0 Å². The summed E-state index contributed by atoms with van der Waals surface area (Å²) in [4.78, 5) is 12.1. The molecule has 9 heteroatoms. The lowest BCUT2D eigenvalue weighted by atomic mass is 9.90. The third kappa shape index (κ3) is 5.42. The fourth-order valence-electron chi connectivity index (χ4n) is 3.00. The van der Waals surface area contributed by atoms with Crippen molar-refractivity contribution in [1.82, 2.24) is 10.2 Å². The summed E-state index contributed by atoms with van der Waals surface area (Å²) < 4.78 is 40.7. The first-order valence-electron chi connectivity index (χ1n) is 8.37. The maximum Gasteiger partial charge on any atom is 0.573 e. The number of anilines is 1. The largest absolute Gasteiger partial charge is 0.573 e. The van der Waals surface area contributed by atoms with E-state index in [0.29, 0.717) is 16.6 Å². The van der Waals surface area contributed by atoms with Gasteiger partial charge in [-0.05, 0) is 30.5 Å². The summed E-state index contributed by atoms with van der Waals surface area (Å²) in [5.41, 5.74) is 0.418. The van der Waals surface area contributed by atoms with E-state index >= 15 is 0 Å². The number of ether oxygens (including phenoxy) is 1. The summed E-state index contributed by atoms with van der Waals surface area (Å²) in [5.74, 6) is -0.304. The summed E-state index contributed by atoms with van der Waals surface area (Å²) in [6, 6.07) is 5.36. The van der Waals surface area contributed by atoms with Crippen LogP contribution in [0.5, 0.6) is 5.75 Å². The molecule has 0 bridgehead atoms. The second-order valence-electron chi connectivity index (χ2n) is 6.20. The summed E-state index contributed by atoms with van der Waals surface area (Å²) in [6.45, 7) is 0. The average molecular weight is 385 g/mol. The SMILES string of the molecule is O=C(Cc1cccc(OC(F)(F)F)c1)Nc1nnc(C2CCCCC2)s1. The Labute approximate surface area is 152 Å². The van der Waals surface area contributed by atoms with E-state index in [4.69, 9.17) is 0 Å². The highest BCUT2D eigenvalue weighted by Gasteiger charge is 2.31. The summed E-state index contributed by atoms with van der Waals surface area (Å²) in [5, 5.41) is 12.2. The molecule has 2 aromatic rings. The maximum absolute atomic E-state index is 12.3. The van der Waals surface area contributed by atoms with Crippen LogP contribution in [0, 0.1) is 0 Å². The smallest absolute Gasteiger partial charge is 0.406 e. The van der Waals surface area contributed by atoms with Gasteiger partial charge in [-0.3, -0.25) is 4.79 Å². The zero-order valence-electron chi connectivity index (χ0n) is 13.9. The molecule has 1 saturated carbocycles. The lowest BCUT2D eigenvalue weighted by Gasteiger charge is -2.18. The van der Waals surface area contributed by atoms with Gasteiger partial charge in [0.05, 0.1) is 6.42 Å². The molecular weight excluding hydrogens is 367 g/mol. The van der Waals surface area contributed by atoms with Crippen LogP contribution in [-0.4, -0.2) is 22.5 Å². The van der Waals surface area contributed by atoms with Crippen LogP contribution in [0.4, 0.5) is 18.3 Å². The van der Waals surface area contributed by atoms with Crippen LogP contribution >= 0.6 is 11.3 Å². The minimum Gasteiger partial charge on any atom is -0.406 e. The molecular formula is C17H18F3N3O2S. The maximum atomic E-state index is 12.3. The quantitative estimate of drug-likeness (QED) is 0.813. The molecule has 26 heavy (non-hydrogen) atoms. The molecule has 0 spiro atoms. The van der Waals surface area contributed by atoms with E-state index < -0.39 is 6.36 Å². The number of rotatable bonds is 5. The van der Waals surface area contributed by atoms with Gasteiger partial charge in [0.1, 0.15) is 10.8 Å². The van der Waals surface area contributed by atoms with Gasteiger partial charge in [0.25, 0.3) is 0 Å². The molecule has 0 saturated heterocycles. The molecule has 1 amide bonds. The Kier molecular flexibility index (Phi) is 5.75. The number of amides is 1. The average Bonchev–Trinajstić information content (AvgIpc) is 3.02. The highest BCUT2D eigenvalue weighted by molar-refractivity contribution is 7.15. The van der Waals surface area contributed by atoms with Crippen LogP contribution < -0.4 is 10.1 Å². The van der Waals surface area contributed by atoms with Gasteiger partial charge < -0.3 is 10.1 Å². The van der Waals surface area contributed by atoms with Gasteiger partial charge in [0, 0.05) is 5.92 Å². The number of alkyl halides is 3. The first-order valence-corrected chi connectivity index (χ1v) is 9.18. The zero-order valence-corrected chi connectivity index (χ0v) is 14.7. The molecule has 1 aromatic heterocycles. The third-order valence-corrected chi connectivity index (χ3v) is 5.14. The Balaban J connectivity index is 1.57. The van der Waals surface area contributed by atoms with E-state index in [-0.39, 0.29) is 18.1 Å². The number of halogens is 3. The van der Waals surface area contributed by atoms with Gasteiger partial charge in [-0.2, -0.15) is 0 Å². The Morgan fingerprint density at radius 3 is 2.73 bits per heavy atom. The first-order chi connectivity index (χ1) is 12.4. The number of hydrogen-bond donors (Lipinski definition) is 1. The van der Waals surface area contributed by atoms with Crippen LogP contribution in [0.1, 0.15) is 48.6 Å². The number of nitrogens with zero attached hydrogens (tertiary/aromatic N) is 2. The molecule has 1 heterocycles. The van der Waals surface area contributed by atoms with E-state index in [2.05, 4.69) is 20.3 Å². The van der Waals surface area contributed by atoms with Crippen molar-refractivity contribution >= 4 is 22.4 Å². The lowest BCUT2D eigenvalue weighted by molar-refractivity contribution is -0.274. The second kappa shape index (κ2) is 8.03. The summed E-state index contributed by atoms with van der Waals surface area (Å²) in [7, 11) is 0. The van der Waals surface area contributed by atoms with Crippen molar-refractivity contribution in [1.29, 1.82) is 0 Å². The number of hydrogen-bond acceptors (Lipinski definition) is 5. The fourth-order valence-corrected chi connectivity index (χ4v) is 3.93. The zero-order chi connectivity index (χ0) is 18.6. The highest BCUT2D eigenvalue weighted by atomic mass is 32.1. The molecule has 0 unspecified atom stereocenters. The Hall–Kier alpha value is -2.16. The number of benzene rings is 1. The van der Waals surface area contributed by atoms with E-state index in [1.54, 1.807) is 6.07 Å². The van der Waals surface area contributed by atoms with Crippen LogP contribution in [0.15, 0.2) is 24.3 Å². The van der Waals surface area contributed by atoms with E-state index in [1.807, 2.05) is 0 Å². The molecule has 1 fully saturated rings. The molecule has 1 aliphatic carbocycles. The van der Waals surface area contributed by atoms with Crippen molar-refractivity contribution in [3.05, 3.63) is 34.8 Å². The fraction of sp³-hybridized carbons (Fsp3) is 0.471. The van der Waals surface area contributed by atoms with Crippen molar-refractivity contribution < 1.29 is 22.7 Å². The molecule has 3 rings (SSSR count). The standard InChI is InChI=1S/C17H18F3N3O2S/c18-17(19,20)25-13-8-4-5-11(9-13)10-14(24)21-16-23-22-15(26-16)12-6-2-1-3-7-12/h4-5,8-9,12H,1-3,6-7,10H2,(H,21,23,24). The molecule has 1 N–H and O–H groups in total. The first kappa shape index (κ1) is 18.6. The number of aromatic nitrogens is 2. The van der Waals surface area contributed by atoms with Gasteiger partial charge in [0.2, 0.25) is 11.0 Å². The van der Waals surface area contributed by atoms with Crippen LogP contribution in [0.25, 0.3) is 0 Å². The van der Waals surface area contributed by atoms with Crippen molar-refractivity contribution in [2.45, 2.75) is 50.8 Å². The van der Waals surface area contributed by atoms with Gasteiger partial charge in [-0.1, -0.05) is 42.7 Å². The minimum absolute atomic E-state index is 0.0760. The minimum atomic E-state index is -4.76. The lowest BCUT2D eigenvalue weighted by Crippen LogP contribution is -2.17. The van der Waals surface area contributed by atoms with E-state index in [0.717, 1.165) is 17.8 Å².